The van der Waals surface area contributed by atoms with Gasteiger partial charge in [0, 0.05) is 11.4 Å². The van der Waals surface area contributed by atoms with Crippen LogP contribution in [0, 0.1) is 6.92 Å². The summed E-state index contributed by atoms with van der Waals surface area (Å²) in [7, 11) is 1.62. The van der Waals surface area contributed by atoms with Crippen molar-refractivity contribution in [2.24, 2.45) is 0 Å². The molecule has 1 aromatic heterocycles. The van der Waals surface area contributed by atoms with Gasteiger partial charge < -0.3 is 15.4 Å². The summed E-state index contributed by atoms with van der Waals surface area (Å²) in [6.45, 7) is 2.33. The van der Waals surface area contributed by atoms with E-state index in [0.717, 1.165) is 17.0 Å². The molecule has 3 aromatic rings. The van der Waals surface area contributed by atoms with E-state index >= 15 is 0 Å². The lowest BCUT2D eigenvalue weighted by Crippen LogP contribution is -2.22. The molecule has 140 valence electrons. The lowest BCUT2D eigenvalue weighted by molar-refractivity contribution is 0.0954. The van der Waals surface area contributed by atoms with Gasteiger partial charge in [0.25, 0.3) is 5.91 Å². The molecule has 0 aliphatic rings. The number of carbonyl (C=O) groups is 1. The van der Waals surface area contributed by atoms with Crippen molar-refractivity contribution < 1.29 is 9.53 Å². The Labute approximate surface area is 167 Å². The van der Waals surface area contributed by atoms with E-state index in [0.29, 0.717) is 22.2 Å². The summed E-state index contributed by atoms with van der Waals surface area (Å²) in [4.78, 5) is 18.8. The van der Waals surface area contributed by atoms with Gasteiger partial charge in [0.15, 0.2) is 5.13 Å². The molecule has 5 nitrogen and oxygen atoms in total. The van der Waals surface area contributed by atoms with Crippen LogP contribution in [0.3, 0.4) is 0 Å². The first-order valence-electron chi connectivity index (χ1n) is 8.39. The number of nitrogens with zero attached hydrogens (tertiary/aromatic N) is 1. The van der Waals surface area contributed by atoms with Crippen molar-refractivity contribution in [3.63, 3.8) is 0 Å². The van der Waals surface area contributed by atoms with E-state index in [-0.39, 0.29) is 5.91 Å². The fraction of sp³-hybridized carbons (Fsp3) is 0.200. The largest absolute Gasteiger partial charge is 0.495 e. The highest BCUT2D eigenvalue weighted by molar-refractivity contribution is 7.98. The number of hydrogen-bond donors (Lipinski definition) is 2. The molecule has 1 amide bonds. The minimum Gasteiger partial charge on any atom is -0.495 e. The van der Waals surface area contributed by atoms with Gasteiger partial charge in [-0.2, -0.15) is 0 Å². The molecule has 0 radical (unpaired) electrons. The molecular formula is C20H21N3O2S2. The number of thioether (sulfide) groups is 1. The molecule has 3 rings (SSSR count). The Bertz CT molecular complexity index is 923. The van der Waals surface area contributed by atoms with Crippen LogP contribution in [0.1, 0.15) is 20.9 Å². The van der Waals surface area contributed by atoms with Crippen LogP contribution in [0.5, 0.6) is 5.75 Å². The van der Waals surface area contributed by atoms with Gasteiger partial charge in [0.05, 0.1) is 18.5 Å². The predicted molar refractivity (Wildman–Crippen MR) is 113 cm³/mol. The van der Waals surface area contributed by atoms with Crippen LogP contribution in [-0.2, 0) is 6.54 Å². The third kappa shape index (κ3) is 4.81. The van der Waals surface area contributed by atoms with Gasteiger partial charge in [0.2, 0.25) is 0 Å². The van der Waals surface area contributed by atoms with E-state index in [1.54, 1.807) is 18.9 Å². The number of amides is 1. The number of para-hydroxylation sites is 2. The number of aromatic nitrogens is 1. The van der Waals surface area contributed by atoms with Crippen molar-refractivity contribution in [2.75, 3.05) is 18.7 Å². The number of ether oxygens (including phenoxy) is 1. The number of carbonyl (C=O) groups excluding carboxylic acids is 1. The van der Waals surface area contributed by atoms with Crippen LogP contribution < -0.4 is 15.4 Å². The van der Waals surface area contributed by atoms with E-state index in [1.807, 2.05) is 49.6 Å². The number of rotatable bonds is 7. The summed E-state index contributed by atoms with van der Waals surface area (Å²) >= 11 is 3.03. The fourth-order valence-corrected chi connectivity index (χ4v) is 3.83. The average Bonchev–Trinajstić information content (AvgIpc) is 3.07. The van der Waals surface area contributed by atoms with Gasteiger partial charge in [-0.25, -0.2) is 4.98 Å². The summed E-state index contributed by atoms with van der Waals surface area (Å²) in [5, 5.41) is 6.85. The van der Waals surface area contributed by atoms with Crippen molar-refractivity contribution >= 4 is 39.8 Å². The molecule has 0 saturated heterocycles. The van der Waals surface area contributed by atoms with Gasteiger partial charge in [-0.15, -0.1) is 11.8 Å². The molecule has 2 N–H and O–H groups in total. The third-order valence-corrected chi connectivity index (χ3v) is 5.78. The maximum atomic E-state index is 12.6. The second-order valence-electron chi connectivity index (χ2n) is 5.79. The fourth-order valence-electron chi connectivity index (χ4n) is 2.53. The smallest absolute Gasteiger partial charge is 0.263 e. The summed E-state index contributed by atoms with van der Waals surface area (Å²) < 4.78 is 5.34. The van der Waals surface area contributed by atoms with E-state index in [9.17, 15) is 4.79 Å². The number of anilines is 2. The highest BCUT2D eigenvalue weighted by atomic mass is 32.2. The lowest BCUT2D eigenvalue weighted by atomic mass is 10.2. The van der Waals surface area contributed by atoms with Crippen LogP contribution in [0.2, 0.25) is 0 Å². The first-order valence-corrected chi connectivity index (χ1v) is 10.4. The zero-order valence-electron chi connectivity index (χ0n) is 15.4. The Morgan fingerprint density at radius 1 is 1.19 bits per heavy atom. The molecule has 0 bridgehead atoms. The molecular weight excluding hydrogens is 378 g/mol. The molecule has 2 aromatic carbocycles. The number of methoxy groups -OCH3 is 1. The summed E-state index contributed by atoms with van der Waals surface area (Å²) in [6, 6.07) is 15.8. The van der Waals surface area contributed by atoms with Gasteiger partial charge in [0.1, 0.15) is 10.6 Å². The van der Waals surface area contributed by atoms with Gasteiger partial charge in [-0.3, -0.25) is 4.79 Å². The Kier molecular flexibility index (Phi) is 6.36. The van der Waals surface area contributed by atoms with E-state index in [4.69, 9.17) is 4.74 Å². The number of hydrogen-bond acceptors (Lipinski definition) is 6. The van der Waals surface area contributed by atoms with E-state index in [1.165, 1.54) is 16.2 Å². The van der Waals surface area contributed by atoms with Crippen molar-refractivity contribution in [3.8, 4) is 5.75 Å². The quantitative estimate of drug-likeness (QED) is 0.556. The second-order valence-corrected chi connectivity index (χ2v) is 7.67. The minimum absolute atomic E-state index is 0.119. The molecule has 0 spiro atoms. The summed E-state index contributed by atoms with van der Waals surface area (Å²) in [6.07, 6.45) is 2.04. The Hall–Kier alpha value is -2.51. The topological polar surface area (TPSA) is 63.2 Å². The standard InChI is InChI=1S/C20H21N3O2S2/c1-13-18(19(24)21-12-14-8-10-15(26-3)11-9-14)27-20(22-13)23-16-6-4-5-7-17(16)25-2/h4-11H,12H2,1-3H3,(H,21,24)(H,22,23). The van der Waals surface area contributed by atoms with Crippen LogP contribution >= 0.6 is 23.1 Å². The third-order valence-electron chi connectivity index (χ3n) is 3.96. The Morgan fingerprint density at radius 2 is 1.93 bits per heavy atom. The first kappa shape index (κ1) is 19.3. The van der Waals surface area contributed by atoms with Crippen molar-refractivity contribution in [2.45, 2.75) is 18.4 Å². The van der Waals surface area contributed by atoms with E-state index < -0.39 is 0 Å². The Balaban J connectivity index is 1.67. The molecule has 0 fully saturated rings. The predicted octanol–water partition coefficient (Wildman–Crippen LogP) is 4.86. The van der Waals surface area contributed by atoms with Crippen LogP contribution in [-0.4, -0.2) is 24.3 Å². The van der Waals surface area contributed by atoms with Crippen LogP contribution in [0.15, 0.2) is 53.4 Å². The van der Waals surface area contributed by atoms with Gasteiger partial charge in [-0.1, -0.05) is 35.6 Å². The molecule has 0 saturated carbocycles. The molecule has 7 heteroatoms. The van der Waals surface area contributed by atoms with Crippen LogP contribution in [0.4, 0.5) is 10.8 Å². The summed E-state index contributed by atoms with van der Waals surface area (Å²) in [5.41, 5.74) is 2.58. The highest BCUT2D eigenvalue weighted by Gasteiger charge is 2.16. The van der Waals surface area contributed by atoms with Gasteiger partial charge >= 0.3 is 0 Å². The maximum Gasteiger partial charge on any atom is 0.263 e. The zero-order chi connectivity index (χ0) is 19.2. The molecule has 27 heavy (non-hydrogen) atoms. The van der Waals surface area contributed by atoms with Crippen molar-refractivity contribution in [1.29, 1.82) is 0 Å². The molecule has 0 atom stereocenters. The highest BCUT2D eigenvalue weighted by Crippen LogP contribution is 2.30. The molecule has 0 unspecified atom stereocenters. The molecule has 1 heterocycles. The normalized spacial score (nSPS) is 10.5. The van der Waals surface area contributed by atoms with Gasteiger partial charge in [-0.05, 0) is 43.0 Å². The van der Waals surface area contributed by atoms with E-state index in [2.05, 4.69) is 27.8 Å². The monoisotopic (exact) mass is 399 g/mol. The van der Waals surface area contributed by atoms with Crippen LogP contribution in [0.25, 0.3) is 0 Å². The minimum atomic E-state index is -0.119. The first-order chi connectivity index (χ1) is 13.1. The Morgan fingerprint density at radius 3 is 2.63 bits per heavy atom. The average molecular weight is 400 g/mol. The molecule has 0 aliphatic heterocycles. The number of nitrogens with one attached hydrogen (secondary N) is 2. The molecule has 0 aliphatic carbocycles. The second kappa shape index (κ2) is 8.92. The van der Waals surface area contributed by atoms with Crippen molar-refractivity contribution in [3.05, 3.63) is 64.7 Å². The lowest BCUT2D eigenvalue weighted by Gasteiger charge is -2.08. The SMILES string of the molecule is COc1ccccc1Nc1nc(C)c(C(=O)NCc2ccc(SC)cc2)s1. The number of benzene rings is 2. The number of thiazole rings is 1. The zero-order valence-corrected chi connectivity index (χ0v) is 17.0. The summed E-state index contributed by atoms with van der Waals surface area (Å²) in [5.74, 6) is 0.608. The number of aryl methyl sites for hydroxylation is 1. The maximum absolute atomic E-state index is 12.6. The van der Waals surface area contributed by atoms with Crippen molar-refractivity contribution in [1.82, 2.24) is 10.3 Å².